The van der Waals surface area contributed by atoms with Crippen molar-refractivity contribution in [3.8, 4) is 0 Å². The molecule has 0 aliphatic heterocycles. The fraction of sp³-hybridized carbons (Fsp3) is 0.900. The standard InChI is InChI=1S/C10H18O/c1-2-3-5-9-6-4-7-10(11)8-9/h9H,2-8H2,1H3. The molecule has 0 aromatic rings. The van der Waals surface area contributed by atoms with Crippen LogP contribution in [0.25, 0.3) is 0 Å². The smallest absolute Gasteiger partial charge is 0.133 e. The van der Waals surface area contributed by atoms with Crippen LogP contribution in [0.4, 0.5) is 0 Å². The quantitative estimate of drug-likeness (QED) is 0.611. The molecule has 0 aromatic heterocycles. The van der Waals surface area contributed by atoms with Crippen LogP contribution in [-0.2, 0) is 4.79 Å². The molecule has 1 aliphatic rings. The van der Waals surface area contributed by atoms with Gasteiger partial charge in [-0.25, -0.2) is 0 Å². The van der Waals surface area contributed by atoms with E-state index in [1.807, 2.05) is 0 Å². The van der Waals surface area contributed by atoms with Crippen molar-refractivity contribution in [3.63, 3.8) is 0 Å². The van der Waals surface area contributed by atoms with E-state index < -0.39 is 0 Å². The van der Waals surface area contributed by atoms with Crippen LogP contribution in [0.15, 0.2) is 0 Å². The third-order valence-electron chi connectivity index (χ3n) is 2.55. The predicted molar refractivity (Wildman–Crippen MR) is 46.5 cm³/mol. The number of hydrogen-bond donors (Lipinski definition) is 0. The Morgan fingerprint density at radius 3 is 3.00 bits per heavy atom. The van der Waals surface area contributed by atoms with Gasteiger partial charge >= 0.3 is 0 Å². The Kier molecular flexibility index (Phi) is 3.61. The Hall–Kier alpha value is -0.330. The molecule has 1 nitrogen and oxygen atoms in total. The number of rotatable bonds is 3. The molecule has 0 heterocycles. The summed E-state index contributed by atoms with van der Waals surface area (Å²) >= 11 is 0. The van der Waals surface area contributed by atoms with E-state index in [0.717, 1.165) is 25.2 Å². The maximum Gasteiger partial charge on any atom is 0.133 e. The number of ketones is 1. The van der Waals surface area contributed by atoms with Crippen molar-refractivity contribution in [2.24, 2.45) is 5.92 Å². The highest BCUT2D eigenvalue weighted by Crippen LogP contribution is 2.25. The molecular weight excluding hydrogens is 136 g/mol. The van der Waals surface area contributed by atoms with Gasteiger partial charge in [-0.3, -0.25) is 4.79 Å². The summed E-state index contributed by atoms with van der Waals surface area (Å²) in [6.45, 7) is 2.21. The zero-order chi connectivity index (χ0) is 8.10. The highest BCUT2D eigenvalue weighted by Gasteiger charge is 2.18. The van der Waals surface area contributed by atoms with E-state index in [9.17, 15) is 4.79 Å². The molecule has 0 bridgehead atoms. The van der Waals surface area contributed by atoms with Gasteiger partial charge in [0.25, 0.3) is 0 Å². The first kappa shape index (κ1) is 8.76. The monoisotopic (exact) mass is 154 g/mol. The second-order valence-electron chi connectivity index (χ2n) is 3.64. The molecule has 64 valence electrons. The van der Waals surface area contributed by atoms with Crippen LogP contribution in [0.2, 0.25) is 0 Å². The van der Waals surface area contributed by atoms with E-state index in [0.29, 0.717) is 5.78 Å². The molecule has 0 spiro atoms. The Morgan fingerprint density at radius 1 is 1.55 bits per heavy atom. The summed E-state index contributed by atoms with van der Waals surface area (Å²) in [7, 11) is 0. The number of Topliss-reactive ketones (excluding diaryl/α,β-unsaturated/α-hetero) is 1. The van der Waals surface area contributed by atoms with Crippen LogP contribution in [0.5, 0.6) is 0 Å². The fourth-order valence-electron chi connectivity index (χ4n) is 1.85. The Labute approximate surface area is 69.2 Å². The largest absolute Gasteiger partial charge is 0.300 e. The molecule has 11 heavy (non-hydrogen) atoms. The summed E-state index contributed by atoms with van der Waals surface area (Å²) in [5, 5.41) is 0. The van der Waals surface area contributed by atoms with Gasteiger partial charge in [-0.05, 0) is 18.8 Å². The summed E-state index contributed by atoms with van der Waals surface area (Å²) < 4.78 is 0. The van der Waals surface area contributed by atoms with E-state index >= 15 is 0 Å². The van der Waals surface area contributed by atoms with Gasteiger partial charge in [-0.15, -0.1) is 0 Å². The molecule has 1 heteroatoms. The minimum Gasteiger partial charge on any atom is -0.300 e. The lowest BCUT2D eigenvalue weighted by atomic mass is 9.85. The maximum absolute atomic E-state index is 11.0. The number of unbranched alkanes of at least 4 members (excludes halogenated alkanes) is 1. The second-order valence-corrected chi connectivity index (χ2v) is 3.64. The molecule has 0 saturated heterocycles. The normalized spacial score (nSPS) is 25.5. The van der Waals surface area contributed by atoms with E-state index in [1.165, 1.54) is 25.7 Å². The van der Waals surface area contributed by atoms with Gasteiger partial charge in [0.1, 0.15) is 5.78 Å². The van der Waals surface area contributed by atoms with Crippen LogP contribution in [0, 0.1) is 5.92 Å². The third-order valence-corrected chi connectivity index (χ3v) is 2.55. The third kappa shape index (κ3) is 3.04. The fourth-order valence-corrected chi connectivity index (χ4v) is 1.85. The lowest BCUT2D eigenvalue weighted by Gasteiger charge is -2.19. The van der Waals surface area contributed by atoms with E-state index in [-0.39, 0.29) is 0 Å². The Balaban J connectivity index is 2.17. The lowest BCUT2D eigenvalue weighted by molar-refractivity contribution is -0.121. The molecule has 0 N–H and O–H groups in total. The highest BCUT2D eigenvalue weighted by atomic mass is 16.1. The lowest BCUT2D eigenvalue weighted by Crippen LogP contribution is -2.14. The van der Waals surface area contributed by atoms with Crippen molar-refractivity contribution >= 4 is 5.78 Å². The van der Waals surface area contributed by atoms with Crippen LogP contribution in [-0.4, -0.2) is 5.78 Å². The van der Waals surface area contributed by atoms with E-state index in [2.05, 4.69) is 6.92 Å². The average molecular weight is 154 g/mol. The van der Waals surface area contributed by atoms with Crippen molar-refractivity contribution in [1.82, 2.24) is 0 Å². The topological polar surface area (TPSA) is 17.1 Å². The van der Waals surface area contributed by atoms with Crippen molar-refractivity contribution in [1.29, 1.82) is 0 Å². The summed E-state index contributed by atoms with van der Waals surface area (Å²) in [5.41, 5.74) is 0. The zero-order valence-electron chi connectivity index (χ0n) is 7.44. The van der Waals surface area contributed by atoms with Crippen molar-refractivity contribution in [2.45, 2.75) is 51.9 Å². The van der Waals surface area contributed by atoms with Crippen molar-refractivity contribution in [2.75, 3.05) is 0 Å². The molecule has 1 aliphatic carbocycles. The summed E-state index contributed by atoms with van der Waals surface area (Å²) in [6, 6.07) is 0. The van der Waals surface area contributed by atoms with Crippen LogP contribution >= 0.6 is 0 Å². The van der Waals surface area contributed by atoms with Gasteiger partial charge in [0.2, 0.25) is 0 Å². The van der Waals surface area contributed by atoms with Gasteiger partial charge in [0.15, 0.2) is 0 Å². The van der Waals surface area contributed by atoms with Crippen LogP contribution < -0.4 is 0 Å². The first-order chi connectivity index (χ1) is 5.33. The highest BCUT2D eigenvalue weighted by molar-refractivity contribution is 5.79. The minimum atomic E-state index is 0.498. The van der Waals surface area contributed by atoms with Gasteiger partial charge in [-0.2, -0.15) is 0 Å². The first-order valence-corrected chi connectivity index (χ1v) is 4.84. The molecule has 0 radical (unpaired) electrons. The summed E-state index contributed by atoms with van der Waals surface area (Å²) in [6.07, 6.45) is 8.02. The first-order valence-electron chi connectivity index (χ1n) is 4.84. The molecule has 1 saturated carbocycles. The minimum absolute atomic E-state index is 0.498. The Morgan fingerprint density at radius 2 is 2.36 bits per heavy atom. The molecular formula is C10H18O. The van der Waals surface area contributed by atoms with Crippen molar-refractivity contribution in [3.05, 3.63) is 0 Å². The molecule has 0 amide bonds. The zero-order valence-corrected chi connectivity index (χ0v) is 7.44. The van der Waals surface area contributed by atoms with Gasteiger partial charge < -0.3 is 0 Å². The molecule has 1 unspecified atom stereocenters. The van der Waals surface area contributed by atoms with Gasteiger partial charge in [0, 0.05) is 12.8 Å². The van der Waals surface area contributed by atoms with E-state index in [1.54, 1.807) is 0 Å². The molecule has 1 atom stereocenters. The van der Waals surface area contributed by atoms with Crippen LogP contribution in [0.3, 0.4) is 0 Å². The average Bonchev–Trinajstić information content (AvgIpc) is 2.01. The summed E-state index contributed by atoms with van der Waals surface area (Å²) in [4.78, 5) is 11.0. The number of carbonyl (C=O) groups excluding carboxylic acids is 1. The van der Waals surface area contributed by atoms with Gasteiger partial charge in [0.05, 0.1) is 0 Å². The predicted octanol–water partition coefficient (Wildman–Crippen LogP) is 2.94. The Bertz CT molecular complexity index is 129. The SMILES string of the molecule is CCCCC1CCCC(=O)C1. The van der Waals surface area contributed by atoms with Crippen LogP contribution in [0.1, 0.15) is 51.9 Å². The van der Waals surface area contributed by atoms with Crippen molar-refractivity contribution < 1.29 is 4.79 Å². The maximum atomic E-state index is 11.0. The number of carbonyl (C=O) groups is 1. The molecule has 1 rings (SSSR count). The van der Waals surface area contributed by atoms with E-state index in [4.69, 9.17) is 0 Å². The molecule has 1 fully saturated rings. The molecule has 0 aromatic carbocycles. The van der Waals surface area contributed by atoms with Gasteiger partial charge in [-0.1, -0.05) is 26.2 Å². The summed E-state index contributed by atoms with van der Waals surface area (Å²) in [5.74, 6) is 1.23. The second kappa shape index (κ2) is 4.53. The number of hydrogen-bond acceptors (Lipinski definition) is 1.